The number of alkyl halides is 1. The molecule has 6 nitrogen and oxygen atoms in total. The maximum atomic E-state index is 12.4. The van der Waals surface area contributed by atoms with Gasteiger partial charge in [-0.15, -0.1) is 11.6 Å². The molecule has 0 bridgehead atoms. The summed E-state index contributed by atoms with van der Waals surface area (Å²) in [5.74, 6) is 0.203. The van der Waals surface area contributed by atoms with E-state index in [1.807, 2.05) is 53.4 Å². The van der Waals surface area contributed by atoms with Gasteiger partial charge in [0.15, 0.2) is 0 Å². The van der Waals surface area contributed by atoms with Gasteiger partial charge in [0.1, 0.15) is 6.61 Å². The predicted molar refractivity (Wildman–Crippen MR) is 99.9 cm³/mol. The molecule has 1 saturated heterocycles. The lowest BCUT2D eigenvalue weighted by molar-refractivity contribution is 0.0862. The number of ether oxygens (including phenoxy) is 1. The number of hydrogen-bond donors (Lipinski definition) is 1. The second-order valence-corrected chi connectivity index (χ2v) is 6.55. The minimum atomic E-state index is -0.337. The third-order valence-electron chi connectivity index (χ3n) is 4.42. The third-order valence-corrected chi connectivity index (χ3v) is 4.58. The highest BCUT2D eigenvalue weighted by atomic mass is 35.5. The van der Waals surface area contributed by atoms with Crippen molar-refractivity contribution in [1.82, 2.24) is 14.8 Å². The van der Waals surface area contributed by atoms with E-state index in [0.717, 1.165) is 5.69 Å². The molecule has 1 aliphatic rings. The lowest BCUT2D eigenvalue weighted by Gasteiger charge is -2.31. The molecule has 1 aromatic heterocycles. The molecule has 0 radical (unpaired) electrons. The number of amides is 2. The first-order valence-corrected chi connectivity index (χ1v) is 9.23. The van der Waals surface area contributed by atoms with Crippen LogP contribution in [0.15, 0.2) is 48.8 Å². The van der Waals surface area contributed by atoms with E-state index in [4.69, 9.17) is 16.3 Å². The number of hydrogen-bond acceptors (Lipinski definition) is 3. The molecule has 2 heterocycles. The summed E-state index contributed by atoms with van der Waals surface area (Å²) in [6, 6.07) is 11.5. The van der Waals surface area contributed by atoms with Gasteiger partial charge in [0.2, 0.25) is 0 Å². The lowest BCUT2D eigenvalue weighted by Crippen LogP contribution is -2.46. The smallest absolute Gasteiger partial charge is 0.409 e. The van der Waals surface area contributed by atoms with Gasteiger partial charge in [0, 0.05) is 42.8 Å². The zero-order valence-electron chi connectivity index (χ0n) is 14.4. The normalized spacial score (nSPS) is 14.9. The Morgan fingerprint density at radius 1 is 1.12 bits per heavy atom. The van der Waals surface area contributed by atoms with E-state index in [1.54, 1.807) is 4.90 Å². The molecule has 2 amide bonds. The molecule has 2 aromatic rings. The zero-order valence-corrected chi connectivity index (χ0v) is 15.2. The first-order valence-electron chi connectivity index (χ1n) is 8.69. The molecule has 1 N–H and O–H groups in total. The molecule has 3 rings (SSSR count). The second kappa shape index (κ2) is 8.76. The maximum Gasteiger partial charge on any atom is 0.409 e. The van der Waals surface area contributed by atoms with E-state index in [2.05, 4.69) is 5.32 Å². The highest BCUT2D eigenvalue weighted by Crippen LogP contribution is 2.14. The highest BCUT2D eigenvalue weighted by Gasteiger charge is 2.24. The van der Waals surface area contributed by atoms with Crippen molar-refractivity contribution in [3.63, 3.8) is 0 Å². The largest absolute Gasteiger partial charge is 0.448 e. The van der Waals surface area contributed by atoms with Crippen molar-refractivity contribution in [2.45, 2.75) is 18.9 Å². The van der Waals surface area contributed by atoms with Crippen LogP contribution in [-0.4, -0.2) is 53.1 Å². The van der Waals surface area contributed by atoms with E-state index in [-0.39, 0.29) is 24.6 Å². The summed E-state index contributed by atoms with van der Waals surface area (Å²) in [5.41, 5.74) is 1.64. The van der Waals surface area contributed by atoms with Crippen LogP contribution >= 0.6 is 11.6 Å². The Morgan fingerprint density at radius 3 is 2.38 bits per heavy atom. The summed E-state index contributed by atoms with van der Waals surface area (Å²) in [5, 5.41) is 3.05. The SMILES string of the molecule is O=C(NC1CCN(C(=O)OCCCl)CC1)c1ccc(-n2cccc2)cc1. The summed E-state index contributed by atoms with van der Waals surface area (Å²) in [4.78, 5) is 25.9. The van der Waals surface area contributed by atoms with Gasteiger partial charge in [-0.05, 0) is 49.2 Å². The summed E-state index contributed by atoms with van der Waals surface area (Å²) in [6.07, 6.45) is 5.00. The van der Waals surface area contributed by atoms with E-state index in [9.17, 15) is 9.59 Å². The van der Waals surface area contributed by atoms with Crippen molar-refractivity contribution >= 4 is 23.6 Å². The Hall–Kier alpha value is -2.47. The van der Waals surface area contributed by atoms with Crippen LogP contribution in [0.3, 0.4) is 0 Å². The Morgan fingerprint density at radius 2 is 1.77 bits per heavy atom. The van der Waals surface area contributed by atoms with Crippen LogP contribution in [0.2, 0.25) is 0 Å². The molecule has 0 spiro atoms. The van der Waals surface area contributed by atoms with Crippen molar-refractivity contribution in [2.24, 2.45) is 0 Å². The topological polar surface area (TPSA) is 63.6 Å². The van der Waals surface area contributed by atoms with Crippen LogP contribution in [-0.2, 0) is 4.74 Å². The number of nitrogens with one attached hydrogen (secondary N) is 1. The average molecular weight is 376 g/mol. The van der Waals surface area contributed by atoms with Crippen LogP contribution in [0, 0.1) is 0 Å². The number of nitrogens with zero attached hydrogens (tertiary/aromatic N) is 2. The fourth-order valence-electron chi connectivity index (χ4n) is 2.98. The molecule has 138 valence electrons. The van der Waals surface area contributed by atoms with Crippen molar-refractivity contribution in [3.05, 3.63) is 54.4 Å². The van der Waals surface area contributed by atoms with Crippen LogP contribution < -0.4 is 5.32 Å². The summed E-state index contributed by atoms with van der Waals surface area (Å²) in [7, 11) is 0. The monoisotopic (exact) mass is 375 g/mol. The van der Waals surface area contributed by atoms with Crippen molar-refractivity contribution in [3.8, 4) is 5.69 Å². The first kappa shape index (κ1) is 18.3. The van der Waals surface area contributed by atoms with E-state index < -0.39 is 0 Å². The molecule has 1 fully saturated rings. The quantitative estimate of drug-likeness (QED) is 0.817. The number of carbonyl (C=O) groups is 2. The van der Waals surface area contributed by atoms with Crippen LogP contribution in [0.5, 0.6) is 0 Å². The number of rotatable bonds is 5. The average Bonchev–Trinajstić information content (AvgIpc) is 3.21. The number of aromatic nitrogens is 1. The Balaban J connectivity index is 1.49. The summed E-state index contributed by atoms with van der Waals surface area (Å²) in [6.45, 7) is 1.35. The van der Waals surface area contributed by atoms with Gasteiger partial charge in [0.25, 0.3) is 5.91 Å². The molecular formula is C19H22ClN3O3. The lowest BCUT2D eigenvalue weighted by atomic mass is 10.0. The minimum Gasteiger partial charge on any atom is -0.448 e. The fourth-order valence-corrected chi connectivity index (χ4v) is 3.06. The van der Waals surface area contributed by atoms with Crippen molar-refractivity contribution in [2.75, 3.05) is 25.6 Å². The van der Waals surface area contributed by atoms with Crippen LogP contribution in [0.4, 0.5) is 4.79 Å². The van der Waals surface area contributed by atoms with E-state index >= 15 is 0 Å². The molecule has 26 heavy (non-hydrogen) atoms. The Bertz CT molecular complexity index is 723. The Labute approximate surface area is 157 Å². The van der Waals surface area contributed by atoms with Gasteiger partial charge in [-0.1, -0.05) is 0 Å². The maximum absolute atomic E-state index is 12.4. The van der Waals surface area contributed by atoms with Gasteiger partial charge < -0.3 is 19.5 Å². The molecule has 0 aliphatic carbocycles. The van der Waals surface area contributed by atoms with Crippen molar-refractivity contribution < 1.29 is 14.3 Å². The molecule has 0 saturated carbocycles. The number of benzene rings is 1. The fraction of sp³-hybridized carbons (Fsp3) is 0.368. The minimum absolute atomic E-state index is 0.0590. The Kier molecular flexibility index (Phi) is 6.17. The van der Waals surface area contributed by atoms with Gasteiger partial charge in [-0.2, -0.15) is 0 Å². The highest BCUT2D eigenvalue weighted by molar-refractivity contribution is 6.18. The predicted octanol–water partition coefficient (Wildman–Crippen LogP) is 3.05. The van der Waals surface area contributed by atoms with Crippen LogP contribution in [0.25, 0.3) is 5.69 Å². The number of piperidine rings is 1. The standard InChI is InChI=1S/C19H22ClN3O3/c20-9-14-26-19(25)23-12-7-16(8-13-23)21-18(24)15-3-5-17(6-4-15)22-10-1-2-11-22/h1-6,10-11,16H,7-9,12-14H2,(H,21,24). The molecule has 1 aromatic carbocycles. The number of halogens is 1. The van der Waals surface area contributed by atoms with Gasteiger partial charge in [0.05, 0.1) is 5.88 Å². The molecule has 0 atom stereocenters. The first-order chi connectivity index (χ1) is 12.7. The number of likely N-dealkylation sites (tertiary alicyclic amines) is 1. The third kappa shape index (κ3) is 4.58. The van der Waals surface area contributed by atoms with Gasteiger partial charge >= 0.3 is 6.09 Å². The molecular weight excluding hydrogens is 354 g/mol. The molecule has 7 heteroatoms. The molecule has 1 aliphatic heterocycles. The van der Waals surface area contributed by atoms with Crippen molar-refractivity contribution in [1.29, 1.82) is 0 Å². The van der Waals surface area contributed by atoms with Gasteiger partial charge in [-0.25, -0.2) is 4.79 Å². The van der Waals surface area contributed by atoms with Crippen LogP contribution in [0.1, 0.15) is 23.2 Å². The number of carbonyl (C=O) groups excluding carboxylic acids is 2. The molecule has 0 unspecified atom stereocenters. The second-order valence-electron chi connectivity index (χ2n) is 6.18. The summed E-state index contributed by atoms with van der Waals surface area (Å²) >= 11 is 5.52. The van der Waals surface area contributed by atoms with Gasteiger partial charge in [-0.3, -0.25) is 4.79 Å². The van der Waals surface area contributed by atoms with E-state index in [1.165, 1.54) is 0 Å². The zero-order chi connectivity index (χ0) is 18.4. The summed E-state index contributed by atoms with van der Waals surface area (Å²) < 4.78 is 7.01. The van der Waals surface area contributed by atoms with E-state index in [0.29, 0.717) is 37.4 Å².